The van der Waals surface area contributed by atoms with Crippen LogP contribution in [0.5, 0.6) is 11.5 Å². The van der Waals surface area contributed by atoms with Gasteiger partial charge in [-0.25, -0.2) is 0 Å². The molecule has 14 heavy (non-hydrogen) atoms. The minimum absolute atomic E-state index is 0.137. The number of rotatable bonds is 0. The van der Waals surface area contributed by atoms with Crippen LogP contribution in [-0.2, 0) is 0 Å². The molecule has 0 amide bonds. The van der Waals surface area contributed by atoms with Gasteiger partial charge in [-0.05, 0) is 42.5 Å². The highest BCUT2D eigenvalue weighted by Crippen LogP contribution is 2.34. The van der Waals surface area contributed by atoms with Crippen LogP contribution in [-0.4, -0.2) is 10.2 Å². The van der Waals surface area contributed by atoms with Crippen molar-refractivity contribution in [2.45, 2.75) is 13.8 Å². The minimum Gasteiger partial charge on any atom is -0.507 e. The zero-order valence-electron chi connectivity index (χ0n) is 8.20. The molecule has 2 N–H and O–H groups in total. The van der Waals surface area contributed by atoms with Gasteiger partial charge in [-0.1, -0.05) is 12.1 Å². The molecular weight excluding hydrogens is 176 g/mol. The van der Waals surface area contributed by atoms with Crippen LogP contribution in [0.4, 0.5) is 0 Å². The standard InChI is InChI=1S/C12H12O2/c1-7-3-9-4-8(2)6-11(14)12(9)10(13)5-7/h3-6,13-14H,1-2H3. The molecule has 0 aliphatic rings. The summed E-state index contributed by atoms with van der Waals surface area (Å²) >= 11 is 0. The van der Waals surface area contributed by atoms with Gasteiger partial charge in [-0.2, -0.15) is 0 Å². The first-order valence-corrected chi connectivity index (χ1v) is 4.51. The molecule has 2 aromatic carbocycles. The molecule has 0 atom stereocenters. The molecule has 0 heterocycles. The smallest absolute Gasteiger partial charge is 0.127 e. The second kappa shape index (κ2) is 2.91. The highest BCUT2D eigenvalue weighted by atomic mass is 16.3. The molecule has 0 radical (unpaired) electrons. The zero-order valence-corrected chi connectivity index (χ0v) is 8.20. The van der Waals surface area contributed by atoms with Gasteiger partial charge in [0.2, 0.25) is 0 Å². The van der Waals surface area contributed by atoms with Crippen LogP contribution in [0, 0.1) is 13.8 Å². The van der Waals surface area contributed by atoms with E-state index in [2.05, 4.69) is 0 Å². The summed E-state index contributed by atoms with van der Waals surface area (Å²) in [5.74, 6) is 0.273. The molecule has 72 valence electrons. The van der Waals surface area contributed by atoms with Crippen molar-refractivity contribution in [3.8, 4) is 11.5 Å². The average Bonchev–Trinajstić information content (AvgIpc) is 1.99. The van der Waals surface area contributed by atoms with Crippen molar-refractivity contribution in [1.29, 1.82) is 0 Å². The fourth-order valence-electron chi connectivity index (χ4n) is 1.76. The molecule has 0 unspecified atom stereocenters. The lowest BCUT2D eigenvalue weighted by Crippen LogP contribution is -1.81. The Morgan fingerprint density at radius 1 is 0.786 bits per heavy atom. The van der Waals surface area contributed by atoms with Gasteiger partial charge in [-0.3, -0.25) is 0 Å². The third-order valence-corrected chi connectivity index (χ3v) is 2.30. The third-order valence-electron chi connectivity index (χ3n) is 2.30. The van der Waals surface area contributed by atoms with Crippen LogP contribution < -0.4 is 0 Å². The Kier molecular flexibility index (Phi) is 1.84. The molecule has 2 heteroatoms. The van der Waals surface area contributed by atoms with Crippen molar-refractivity contribution >= 4 is 10.8 Å². The lowest BCUT2D eigenvalue weighted by molar-refractivity contribution is 0.463. The quantitative estimate of drug-likeness (QED) is 0.667. The predicted molar refractivity (Wildman–Crippen MR) is 56.8 cm³/mol. The fraction of sp³-hybridized carbons (Fsp3) is 0.167. The van der Waals surface area contributed by atoms with E-state index in [-0.39, 0.29) is 11.5 Å². The Morgan fingerprint density at radius 2 is 1.21 bits per heavy atom. The molecule has 0 spiro atoms. The fourth-order valence-corrected chi connectivity index (χ4v) is 1.76. The lowest BCUT2D eigenvalue weighted by Gasteiger charge is -2.06. The summed E-state index contributed by atoms with van der Waals surface area (Å²) in [6.07, 6.45) is 0. The first kappa shape index (κ1) is 8.88. The Labute approximate surface area is 82.4 Å². The highest BCUT2D eigenvalue weighted by Gasteiger charge is 2.06. The zero-order chi connectivity index (χ0) is 10.3. The van der Waals surface area contributed by atoms with Crippen LogP contribution in [0.2, 0.25) is 0 Å². The largest absolute Gasteiger partial charge is 0.507 e. The number of fused-ring (bicyclic) bond motifs is 1. The number of hydrogen-bond donors (Lipinski definition) is 2. The molecule has 2 rings (SSSR count). The van der Waals surface area contributed by atoms with Gasteiger partial charge in [0.15, 0.2) is 0 Å². The maximum absolute atomic E-state index is 9.66. The Morgan fingerprint density at radius 3 is 1.64 bits per heavy atom. The van der Waals surface area contributed by atoms with Crippen molar-refractivity contribution in [3.05, 3.63) is 35.4 Å². The summed E-state index contributed by atoms with van der Waals surface area (Å²) in [6, 6.07) is 7.19. The Balaban J connectivity index is 2.94. The van der Waals surface area contributed by atoms with Crippen molar-refractivity contribution < 1.29 is 10.2 Å². The molecule has 0 bridgehead atoms. The topological polar surface area (TPSA) is 40.5 Å². The van der Waals surface area contributed by atoms with E-state index in [1.54, 1.807) is 12.1 Å². The molecular formula is C12H12O2. The van der Waals surface area contributed by atoms with Gasteiger partial charge in [-0.15, -0.1) is 0 Å². The summed E-state index contributed by atoms with van der Waals surface area (Å²) in [4.78, 5) is 0. The maximum atomic E-state index is 9.66. The Bertz CT molecular complexity index is 458. The summed E-state index contributed by atoms with van der Waals surface area (Å²) in [6.45, 7) is 3.83. The average molecular weight is 188 g/mol. The first-order valence-electron chi connectivity index (χ1n) is 4.51. The van der Waals surface area contributed by atoms with Gasteiger partial charge in [0, 0.05) is 0 Å². The van der Waals surface area contributed by atoms with E-state index in [0.717, 1.165) is 16.5 Å². The third kappa shape index (κ3) is 1.29. The van der Waals surface area contributed by atoms with Crippen molar-refractivity contribution in [1.82, 2.24) is 0 Å². The van der Waals surface area contributed by atoms with Gasteiger partial charge in [0.25, 0.3) is 0 Å². The molecule has 0 fully saturated rings. The van der Waals surface area contributed by atoms with E-state index in [1.165, 1.54) is 0 Å². The van der Waals surface area contributed by atoms with E-state index < -0.39 is 0 Å². The number of phenols is 2. The van der Waals surface area contributed by atoms with Crippen LogP contribution >= 0.6 is 0 Å². The Hall–Kier alpha value is -1.70. The monoisotopic (exact) mass is 188 g/mol. The highest BCUT2D eigenvalue weighted by molar-refractivity contribution is 5.94. The van der Waals surface area contributed by atoms with Crippen LogP contribution in [0.25, 0.3) is 10.8 Å². The van der Waals surface area contributed by atoms with Gasteiger partial charge < -0.3 is 10.2 Å². The van der Waals surface area contributed by atoms with E-state index in [4.69, 9.17) is 0 Å². The van der Waals surface area contributed by atoms with Gasteiger partial charge >= 0.3 is 0 Å². The van der Waals surface area contributed by atoms with Gasteiger partial charge in [0.05, 0.1) is 5.39 Å². The number of phenolic OH excluding ortho intramolecular Hbond substituents is 2. The van der Waals surface area contributed by atoms with Crippen LogP contribution in [0.15, 0.2) is 24.3 Å². The predicted octanol–water partition coefficient (Wildman–Crippen LogP) is 2.87. The molecule has 0 saturated heterocycles. The second-order valence-electron chi connectivity index (χ2n) is 3.67. The van der Waals surface area contributed by atoms with E-state index in [9.17, 15) is 10.2 Å². The minimum atomic E-state index is 0.137. The SMILES string of the molecule is Cc1cc(O)c2c(O)cc(C)cc2c1. The van der Waals surface area contributed by atoms with Crippen LogP contribution in [0.3, 0.4) is 0 Å². The number of hydrogen-bond acceptors (Lipinski definition) is 2. The van der Waals surface area contributed by atoms with E-state index in [1.807, 2.05) is 26.0 Å². The van der Waals surface area contributed by atoms with Gasteiger partial charge in [0.1, 0.15) is 11.5 Å². The van der Waals surface area contributed by atoms with Crippen molar-refractivity contribution in [2.24, 2.45) is 0 Å². The molecule has 2 nitrogen and oxygen atoms in total. The molecule has 0 saturated carbocycles. The second-order valence-corrected chi connectivity index (χ2v) is 3.67. The number of aromatic hydroxyl groups is 2. The number of benzene rings is 2. The molecule has 0 aliphatic carbocycles. The van der Waals surface area contributed by atoms with Crippen molar-refractivity contribution in [2.75, 3.05) is 0 Å². The molecule has 0 aliphatic heterocycles. The number of aryl methyl sites for hydroxylation is 2. The lowest BCUT2D eigenvalue weighted by atomic mass is 10.0. The van der Waals surface area contributed by atoms with E-state index in [0.29, 0.717) is 5.39 Å². The van der Waals surface area contributed by atoms with E-state index >= 15 is 0 Å². The normalized spacial score (nSPS) is 10.7. The summed E-state index contributed by atoms with van der Waals surface area (Å²) in [5, 5.41) is 20.7. The first-order chi connectivity index (χ1) is 6.58. The maximum Gasteiger partial charge on any atom is 0.127 e. The summed E-state index contributed by atoms with van der Waals surface area (Å²) < 4.78 is 0. The van der Waals surface area contributed by atoms with Crippen molar-refractivity contribution in [3.63, 3.8) is 0 Å². The summed E-state index contributed by atoms with van der Waals surface area (Å²) in [7, 11) is 0. The molecule has 2 aromatic rings. The molecule has 0 aromatic heterocycles. The summed E-state index contributed by atoms with van der Waals surface area (Å²) in [5.41, 5.74) is 1.97. The van der Waals surface area contributed by atoms with Crippen LogP contribution in [0.1, 0.15) is 11.1 Å².